The number of nitrogens with zero attached hydrogens (tertiary/aromatic N) is 1. The highest BCUT2D eigenvalue weighted by molar-refractivity contribution is 6.01. The monoisotopic (exact) mass is 349 g/mol. The van der Waals surface area contributed by atoms with E-state index in [-0.39, 0.29) is 5.91 Å². The predicted molar refractivity (Wildman–Crippen MR) is 111 cm³/mol. The van der Waals surface area contributed by atoms with Crippen LogP contribution < -0.4 is 16.0 Å². The summed E-state index contributed by atoms with van der Waals surface area (Å²) < 4.78 is 0. The second kappa shape index (κ2) is 9.47. The maximum Gasteiger partial charge on any atom is 0.248 e. The topological polar surface area (TPSA) is 58.4 Å². The molecule has 0 unspecified atom stereocenters. The lowest BCUT2D eigenvalue weighted by Crippen LogP contribution is -2.09. The quantitative estimate of drug-likeness (QED) is 0.442. The number of rotatable bonds is 7. The highest BCUT2D eigenvalue weighted by atomic mass is 16.1. The summed E-state index contributed by atoms with van der Waals surface area (Å²) in [5.74, 6) is -0.185. The van der Waals surface area contributed by atoms with E-state index in [2.05, 4.69) is 40.6 Å². The van der Waals surface area contributed by atoms with E-state index >= 15 is 0 Å². The van der Waals surface area contributed by atoms with Gasteiger partial charge in [0.25, 0.3) is 0 Å². The van der Waals surface area contributed by atoms with Crippen LogP contribution in [0, 0.1) is 0 Å². The fourth-order valence-electron chi connectivity index (χ4n) is 2.49. The largest absolute Gasteiger partial charge is 0.397 e. The van der Waals surface area contributed by atoms with Gasteiger partial charge in [-0.25, -0.2) is 0 Å². The molecule has 136 valence electrons. The van der Waals surface area contributed by atoms with E-state index in [9.17, 15) is 4.79 Å². The number of nitrogens with two attached hydrogens (primary N) is 1. The minimum absolute atomic E-state index is 0.185. The number of amides is 1. The predicted octanol–water partition coefficient (Wildman–Crippen LogP) is 4.41. The molecule has 0 saturated heterocycles. The standard InChI is InChI=1S/C22H27N3O/c1-17(7-6-8-18-12-14-19(15-13-18)25(2)3)11-16-22(26)24-21-10-5-4-9-20(21)23/h4-5,7,9-16H,6,8,23H2,1-3H3,(H,24,26)/b16-11+,17-7+. The molecule has 0 spiro atoms. The molecule has 2 aromatic rings. The van der Waals surface area contributed by atoms with Gasteiger partial charge in [0, 0.05) is 25.9 Å². The van der Waals surface area contributed by atoms with Gasteiger partial charge in [0.05, 0.1) is 11.4 Å². The fraction of sp³-hybridized carbons (Fsp3) is 0.227. The third kappa shape index (κ3) is 6.13. The smallest absolute Gasteiger partial charge is 0.248 e. The Labute approximate surface area is 156 Å². The molecule has 2 aromatic carbocycles. The summed E-state index contributed by atoms with van der Waals surface area (Å²) in [6, 6.07) is 15.8. The first kappa shape index (κ1) is 19.3. The third-order valence-electron chi connectivity index (χ3n) is 4.07. The Morgan fingerprint density at radius 2 is 1.77 bits per heavy atom. The summed E-state index contributed by atoms with van der Waals surface area (Å²) in [6.07, 6.45) is 7.41. The average molecular weight is 349 g/mol. The summed E-state index contributed by atoms with van der Waals surface area (Å²) >= 11 is 0. The average Bonchev–Trinajstić information content (AvgIpc) is 2.62. The summed E-state index contributed by atoms with van der Waals surface area (Å²) in [7, 11) is 4.07. The van der Waals surface area contributed by atoms with Crippen molar-refractivity contribution in [3.63, 3.8) is 0 Å². The molecular weight excluding hydrogens is 322 g/mol. The molecule has 4 heteroatoms. The van der Waals surface area contributed by atoms with Crippen molar-refractivity contribution in [2.45, 2.75) is 19.8 Å². The minimum Gasteiger partial charge on any atom is -0.397 e. The van der Waals surface area contributed by atoms with Gasteiger partial charge in [-0.15, -0.1) is 0 Å². The van der Waals surface area contributed by atoms with Gasteiger partial charge in [0.2, 0.25) is 5.91 Å². The second-order valence-electron chi connectivity index (χ2n) is 6.46. The molecule has 0 saturated carbocycles. The van der Waals surface area contributed by atoms with Crippen LogP contribution >= 0.6 is 0 Å². The lowest BCUT2D eigenvalue weighted by atomic mass is 10.1. The Morgan fingerprint density at radius 3 is 2.42 bits per heavy atom. The Balaban J connectivity index is 1.82. The summed E-state index contributed by atoms with van der Waals surface area (Å²) in [4.78, 5) is 14.1. The molecule has 0 aliphatic heterocycles. The van der Waals surface area contributed by atoms with Gasteiger partial charge in [-0.1, -0.05) is 42.0 Å². The highest BCUT2D eigenvalue weighted by Crippen LogP contribution is 2.17. The first-order chi connectivity index (χ1) is 12.5. The number of anilines is 3. The van der Waals surface area contributed by atoms with Gasteiger partial charge in [-0.2, -0.15) is 0 Å². The van der Waals surface area contributed by atoms with E-state index in [1.807, 2.05) is 39.2 Å². The molecule has 0 bridgehead atoms. The lowest BCUT2D eigenvalue weighted by molar-refractivity contribution is -0.111. The van der Waals surface area contributed by atoms with Crippen molar-refractivity contribution in [2.75, 3.05) is 30.0 Å². The molecule has 0 aliphatic carbocycles. The molecule has 0 fully saturated rings. The molecule has 3 N–H and O–H groups in total. The van der Waals surface area contributed by atoms with E-state index in [0.717, 1.165) is 18.4 Å². The zero-order valence-corrected chi connectivity index (χ0v) is 15.7. The van der Waals surface area contributed by atoms with Crippen LogP contribution in [0.15, 0.2) is 72.3 Å². The number of hydrogen-bond acceptors (Lipinski definition) is 3. The molecule has 0 atom stereocenters. The molecule has 2 rings (SSSR count). The first-order valence-corrected chi connectivity index (χ1v) is 8.72. The van der Waals surface area contributed by atoms with Gasteiger partial charge >= 0.3 is 0 Å². The van der Waals surface area contributed by atoms with Crippen LogP contribution in [0.2, 0.25) is 0 Å². The Morgan fingerprint density at radius 1 is 1.08 bits per heavy atom. The van der Waals surface area contributed by atoms with Crippen molar-refractivity contribution in [3.05, 3.63) is 77.9 Å². The van der Waals surface area contributed by atoms with Crippen molar-refractivity contribution < 1.29 is 4.79 Å². The number of carbonyl (C=O) groups is 1. The molecule has 4 nitrogen and oxygen atoms in total. The summed E-state index contributed by atoms with van der Waals surface area (Å²) in [6.45, 7) is 2.00. The van der Waals surface area contributed by atoms with Crippen LogP contribution in [0.1, 0.15) is 18.9 Å². The molecule has 0 radical (unpaired) electrons. The van der Waals surface area contributed by atoms with E-state index in [1.54, 1.807) is 12.1 Å². The first-order valence-electron chi connectivity index (χ1n) is 8.72. The highest BCUT2D eigenvalue weighted by Gasteiger charge is 2.00. The van der Waals surface area contributed by atoms with E-state index in [0.29, 0.717) is 11.4 Å². The molecular formula is C22H27N3O. The van der Waals surface area contributed by atoms with E-state index in [4.69, 9.17) is 5.73 Å². The minimum atomic E-state index is -0.185. The summed E-state index contributed by atoms with van der Waals surface area (Å²) in [5.41, 5.74) is 10.6. The van der Waals surface area contributed by atoms with Crippen molar-refractivity contribution in [3.8, 4) is 0 Å². The normalized spacial score (nSPS) is 11.6. The maximum absolute atomic E-state index is 12.0. The van der Waals surface area contributed by atoms with Crippen LogP contribution in [0.3, 0.4) is 0 Å². The number of aryl methyl sites for hydroxylation is 1. The van der Waals surface area contributed by atoms with Crippen molar-refractivity contribution in [1.82, 2.24) is 0 Å². The fourth-order valence-corrected chi connectivity index (χ4v) is 2.49. The number of carbonyl (C=O) groups excluding carboxylic acids is 1. The van der Waals surface area contributed by atoms with Gasteiger partial charge in [0.15, 0.2) is 0 Å². The SMILES string of the molecule is CC(/C=C/C(=O)Nc1ccccc1N)=C\CCc1ccc(N(C)C)cc1. The maximum atomic E-state index is 12.0. The van der Waals surface area contributed by atoms with Crippen molar-refractivity contribution >= 4 is 23.0 Å². The lowest BCUT2D eigenvalue weighted by Gasteiger charge is -2.12. The molecule has 26 heavy (non-hydrogen) atoms. The van der Waals surface area contributed by atoms with Gasteiger partial charge in [-0.05, 0) is 49.6 Å². The van der Waals surface area contributed by atoms with Crippen LogP contribution in [-0.4, -0.2) is 20.0 Å². The zero-order chi connectivity index (χ0) is 18.9. The number of benzene rings is 2. The van der Waals surface area contributed by atoms with Crippen LogP contribution in [0.25, 0.3) is 0 Å². The van der Waals surface area contributed by atoms with Gasteiger partial charge in [-0.3, -0.25) is 4.79 Å². The molecule has 0 aliphatic rings. The van der Waals surface area contributed by atoms with Crippen LogP contribution in [-0.2, 0) is 11.2 Å². The van der Waals surface area contributed by atoms with Crippen LogP contribution in [0.5, 0.6) is 0 Å². The van der Waals surface area contributed by atoms with E-state index < -0.39 is 0 Å². The Bertz CT molecular complexity index is 789. The number of hydrogen-bond donors (Lipinski definition) is 2. The Kier molecular flexibility index (Phi) is 7.03. The number of para-hydroxylation sites is 2. The van der Waals surface area contributed by atoms with Crippen LogP contribution in [0.4, 0.5) is 17.1 Å². The van der Waals surface area contributed by atoms with Gasteiger partial charge < -0.3 is 16.0 Å². The number of nitrogen functional groups attached to an aromatic ring is 1. The third-order valence-corrected chi connectivity index (χ3v) is 4.07. The molecule has 1 amide bonds. The molecule has 0 aromatic heterocycles. The van der Waals surface area contributed by atoms with Crippen molar-refractivity contribution in [1.29, 1.82) is 0 Å². The second-order valence-corrected chi connectivity index (χ2v) is 6.46. The molecule has 0 heterocycles. The zero-order valence-electron chi connectivity index (χ0n) is 15.7. The van der Waals surface area contributed by atoms with Gasteiger partial charge in [0.1, 0.15) is 0 Å². The number of nitrogens with one attached hydrogen (secondary N) is 1. The van der Waals surface area contributed by atoms with Crippen molar-refractivity contribution in [2.24, 2.45) is 0 Å². The summed E-state index contributed by atoms with van der Waals surface area (Å²) in [5, 5.41) is 2.78. The van der Waals surface area contributed by atoms with E-state index in [1.165, 1.54) is 17.3 Å². The number of allylic oxidation sites excluding steroid dienone is 3. The Hall–Kier alpha value is -3.01.